The van der Waals surface area contributed by atoms with Crippen LogP contribution >= 0.6 is 11.6 Å². The van der Waals surface area contributed by atoms with Gasteiger partial charge in [-0.2, -0.15) is 0 Å². The second-order valence-corrected chi connectivity index (χ2v) is 5.93. The number of halogens is 1. The van der Waals surface area contributed by atoms with Crippen LogP contribution < -0.4 is 11.1 Å². The van der Waals surface area contributed by atoms with E-state index in [9.17, 15) is 4.79 Å². The van der Waals surface area contributed by atoms with E-state index in [1.807, 2.05) is 50.2 Å². The third-order valence-electron chi connectivity index (χ3n) is 3.60. The first-order chi connectivity index (χ1) is 9.91. The first kappa shape index (κ1) is 15.4. The minimum atomic E-state index is -0.630. The summed E-state index contributed by atoms with van der Waals surface area (Å²) in [5, 5.41) is 3.59. The van der Waals surface area contributed by atoms with Gasteiger partial charge in [-0.25, -0.2) is 0 Å². The molecule has 0 saturated carbocycles. The highest BCUT2D eigenvalue weighted by atomic mass is 35.5. The Kier molecular flexibility index (Phi) is 4.53. The van der Waals surface area contributed by atoms with Crippen LogP contribution in [-0.2, 0) is 16.8 Å². The Balaban J connectivity index is 2.08. The van der Waals surface area contributed by atoms with Gasteiger partial charge in [-0.3, -0.25) is 4.79 Å². The zero-order valence-corrected chi connectivity index (χ0v) is 12.9. The van der Waals surface area contributed by atoms with E-state index in [1.54, 1.807) is 12.1 Å². The molecule has 0 aliphatic rings. The molecule has 4 heteroatoms. The Morgan fingerprint density at radius 3 is 2.38 bits per heavy atom. The van der Waals surface area contributed by atoms with Crippen molar-refractivity contribution in [3.05, 3.63) is 64.7 Å². The van der Waals surface area contributed by atoms with Gasteiger partial charge >= 0.3 is 0 Å². The van der Waals surface area contributed by atoms with E-state index >= 15 is 0 Å². The van der Waals surface area contributed by atoms with Crippen LogP contribution in [0.4, 0.5) is 5.69 Å². The Bertz CT molecular complexity index is 635. The first-order valence-corrected chi connectivity index (χ1v) is 7.17. The standard InChI is InChI=1S/C17H19ClN2O/c1-17(2,13-7-9-14(19)10-8-13)16(21)20-11-12-5-3-4-6-15(12)18/h3-10H,11,19H2,1-2H3,(H,20,21). The lowest BCUT2D eigenvalue weighted by atomic mass is 9.83. The number of rotatable bonds is 4. The van der Waals surface area contributed by atoms with Crippen LogP contribution in [0.25, 0.3) is 0 Å². The number of hydrogen-bond donors (Lipinski definition) is 2. The van der Waals surface area contributed by atoms with Gasteiger partial charge in [-0.15, -0.1) is 0 Å². The summed E-state index contributed by atoms with van der Waals surface area (Å²) in [6.07, 6.45) is 0. The van der Waals surface area contributed by atoms with Crippen molar-refractivity contribution in [2.24, 2.45) is 0 Å². The van der Waals surface area contributed by atoms with Gasteiger partial charge in [-0.05, 0) is 43.2 Å². The SMILES string of the molecule is CC(C)(C(=O)NCc1ccccc1Cl)c1ccc(N)cc1. The van der Waals surface area contributed by atoms with Gasteiger partial charge in [0.2, 0.25) is 5.91 Å². The number of nitrogens with two attached hydrogens (primary N) is 1. The summed E-state index contributed by atoms with van der Waals surface area (Å²) in [5.41, 5.74) is 7.57. The van der Waals surface area contributed by atoms with Crippen molar-refractivity contribution in [1.29, 1.82) is 0 Å². The second-order valence-electron chi connectivity index (χ2n) is 5.52. The van der Waals surface area contributed by atoms with E-state index in [2.05, 4.69) is 5.32 Å². The smallest absolute Gasteiger partial charge is 0.230 e. The fourth-order valence-electron chi connectivity index (χ4n) is 2.07. The average molecular weight is 303 g/mol. The van der Waals surface area contributed by atoms with E-state index < -0.39 is 5.41 Å². The van der Waals surface area contributed by atoms with Crippen LogP contribution in [0.5, 0.6) is 0 Å². The molecule has 0 fully saturated rings. The lowest BCUT2D eigenvalue weighted by Gasteiger charge is -2.24. The molecule has 2 aromatic carbocycles. The van der Waals surface area contributed by atoms with Crippen molar-refractivity contribution in [3.8, 4) is 0 Å². The number of carbonyl (C=O) groups is 1. The van der Waals surface area contributed by atoms with Gasteiger partial charge < -0.3 is 11.1 Å². The van der Waals surface area contributed by atoms with Gasteiger partial charge in [-0.1, -0.05) is 41.9 Å². The number of benzene rings is 2. The van der Waals surface area contributed by atoms with Gasteiger partial charge in [0.15, 0.2) is 0 Å². The maximum absolute atomic E-state index is 12.4. The molecule has 0 radical (unpaired) electrons. The summed E-state index contributed by atoms with van der Waals surface area (Å²) in [4.78, 5) is 12.4. The zero-order valence-electron chi connectivity index (χ0n) is 12.2. The molecule has 2 aromatic rings. The van der Waals surface area contributed by atoms with Crippen LogP contribution in [0, 0.1) is 0 Å². The van der Waals surface area contributed by atoms with E-state index in [0.717, 1.165) is 11.1 Å². The lowest BCUT2D eigenvalue weighted by Crippen LogP contribution is -2.39. The summed E-state index contributed by atoms with van der Waals surface area (Å²) in [6.45, 7) is 4.19. The Hall–Kier alpha value is -2.00. The number of carbonyl (C=O) groups excluding carboxylic acids is 1. The molecule has 0 aliphatic carbocycles. The highest BCUT2D eigenvalue weighted by Gasteiger charge is 2.29. The summed E-state index contributed by atoms with van der Waals surface area (Å²) in [6, 6.07) is 14.9. The predicted octanol–water partition coefficient (Wildman–Crippen LogP) is 3.52. The monoisotopic (exact) mass is 302 g/mol. The molecular weight excluding hydrogens is 284 g/mol. The molecule has 0 aromatic heterocycles. The maximum Gasteiger partial charge on any atom is 0.230 e. The lowest BCUT2D eigenvalue weighted by molar-refractivity contribution is -0.125. The summed E-state index contributed by atoms with van der Waals surface area (Å²) >= 11 is 6.09. The Labute approximate surface area is 130 Å². The topological polar surface area (TPSA) is 55.1 Å². The van der Waals surface area contributed by atoms with Crippen molar-refractivity contribution in [1.82, 2.24) is 5.32 Å². The third-order valence-corrected chi connectivity index (χ3v) is 3.97. The van der Waals surface area contributed by atoms with Gasteiger partial charge in [0.1, 0.15) is 0 Å². The van der Waals surface area contributed by atoms with Crippen LogP contribution in [-0.4, -0.2) is 5.91 Å². The number of anilines is 1. The van der Waals surface area contributed by atoms with Crippen LogP contribution in [0.3, 0.4) is 0 Å². The predicted molar refractivity (Wildman–Crippen MR) is 87.2 cm³/mol. The highest BCUT2D eigenvalue weighted by Crippen LogP contribution is 2.24. The Morgan fingerprint density at radius 1 is 1.14 bits per heavy atom. The van der Waals surface area contributed by atoms with E-state index in [0.29, 0.717) is 17.3 Å². The largest absolute Gasteiger partial charge is 0.399 e. The van der Waals surface area contributed by atoms with E-state index in [4.69, 9.17) is 17.3 Å². The number of nitrogens with one attached hydrogen (secondary N) is 1. The van der Waals surface area contributed by atoms with Gasteiger partial charge in [0, 0.05) is 17.3 Å². The quantitative estimate of drug-likeness (QED) is 0.849. The molecular formula is C17H19ClN2O. The fourth-order valence-corrected chi connectivity index (χ4v) is 2.27. The summed E-state index contributed by atoms with van der Waals surface area (Å²) in [7, 11) is 0. The van der Waals surface area contributed by atoms with Gasteiger partial charge in [0.25, 0.3) is 0 Å². The summed E-state index contributed by atoms with van der Waals surface area (Å²) in [5.74, 6) is -0.0489. The molecule has 110 valence electrons. The molecule has 0 spiro atoms. The number of amides is 1. The second kappa shape index (κ2) is 6.19. The highest BCUT2D eigenvalue weighted by molar-refractivity contribution is 6.31. The number of hydrogen-bond acceptors (Lipinski definition) is 2. The van der Waals surface area contributed by atoms with E-state index in [-0.39, 0.29) is 5.91 Å². The molecule has 0 aliphatic heterocycles. The maximum atomic E-state index is 12.4. The normalized spacial score (nSPS) is 11.2. The molecule has 0 bridgehead atoms. The van der Waals surface area contributed by atoms with Crippen LogP contribution in [0.1, 0.15) is 25.0 Å². The molecule has 0 saturated heterocycles. The molecule has 1 amide bonds. The van der Waals surface area contributed by atoms with Crippen molar-refractivity contribution in [2.75, 3.05) is 5.73 Å². The minimum absolute atomic E-state index is 0.0489. The molecule has 3 N–H and O–H groups in total. The van der Waals surface area contributed by atoms with Crippen molar-refractivity contribution in [3.63, 3.8) is 0 Å². The fraction of sp³-hybridized carbons (Fsp3) is 0.235. The average Bonchev–Trinajstić information content (AvgIpc) is 2.46. The molecule has 21 heavy (non-hydrogen) atoms. The molecule has 0 heterocycles. The third kappa shape index (κ3) is 3.56. The van der Waals surface area contributed by atoms with Crippen LogP contribution in [0.2, 0.25) is 5.02 Å². The molecule has 0 atom stereocenters. The minimum Gasteiger partial charge on any atom is -0.399 e. The van der Waals surface area contributed by atoms with Crippen molar-refractivity contribution >= 4 is 23.2 Å². The Morgan fingerprint density at radius 2 is 1.76 bits per heavy atom. The van der Waals surface area contributed by atoms with Crippen LogP contribution in [0.15, 0.2) is 48.5 Å². The van der Waals surface area contributed by atoms with Crippen molar-refractivity contribution < 1.29 is 4.79 Å². The van der Waals surface area contributed by atoms with E-state index in [1.165, 1.54) is 0 Å². The summed E-state index contributed by atoms with van der Waals surface area (Å²) < 4.78 is 0. The van der Waals surface area contributed by atoms with Crippen molar-refractivity contribution in [2.45, 2.75) is 25.8 Å². The first-order valence-electron chi connectivity index (χ1n) is 6.79. The zero-order chi connectivity index (χ0) is 15.5. The van der Waals surface area contributed by atoms with Gasteiger partial charge in [0.05, 0.1) is 5.41 Å². The molecule has 0 unspecified atom stereocenters. The molecule has 3 nitrogen and oxygen atoms in total. The number of nitrogen functional groups attached to an aromatic ring is 1. The molecule has 2 rings (SSSR count).